The molecule has 0 bridgehead atoms. The summed E-state index contributed by atoms with van der Waals surface area (Å²) < 4.78 is 1.77. The lowest BCUT2D eigenvalue weighted by Gasteiger charge is -2.10. The van der Waals surface area contributed by atoms with Crippen molar-refractivity contribution in [1.82, 2.24) is 20.0 Å². The van der Waals surface area contributed by atoms with Crippen LogP contribution in [0.5, 0.6) is 0 Å². The number of benzene rings is 4. The fourth-order valence-corrected chi connectivity index (χ4v) is 4.11. The molecule has 176 valence electrons. The Kier molecular flexibility index (Phi) is 5.74. The van der Waals surface area contributed by atoms with Crippen LogP contribution in [0.2, 0.25) is 0 Å². The first kappa shape index (κ1) is 22.0. The van der Waals surface area contributed by atoms with Crippen molar-refractivity contribution in [1.29, 1.82) is 0 Å². The van der Waals surface area contributed by atoms with Crippen LogP contribution in [0, 0.1) is 6.57 Å². The van der Waals surface area contributed by atoms with E-state index in [0.717, 1.165) is 50.5 Å². The molecule has 6 aromatic rings. The molecule has 2 heterocycles. The molecule has 0 saturated heterocycles. The number of nitrogens with one attached hydrogen (secondary N) is 2. The third-order valence-corrected chi connectivity index (χ3v) is 6.02. The maximum Gasteiger partial charge on any atom is 0.187 e. The molecule has 0 unspecified atom stereocenters. The van der Waals surface area contributed by atoms with Crippen LogP contribution in [0.25, 0.3) is 32.6 Å². The number of nitrogens with zero attached hydrogens (tertiary/aromatic N) is 5. The van der Waals surface area contributed by atoms with Crippen molar-refractivity contribution < 1.29 is 0 Å². The predicted molar refractivity (Wildman–Crippen MR) is 148 cm³/mol. The Morgan fingerprint density at radius 1 is 0.730 bits per heavy atom. The summed E-state index contributed by atoms with van der Waals surface area (Å²) in [4.78, 5) is 7.87. The van der Waals surface area contributed by atoms with Crippen molar-refractivity contribution in [3.05, 3.63) is 127 Å². The van der Waals surface area contributed by atoms with E-state index in [4.69, 9.17) is 6.57 Å². The zero-order valence-corrected chi connectivity index (χ0v) is 19.7. The number of para-hydroxylation sites is 1. The third-order valence-electron chi connectivity index (χ3n) is 6.02. The van der Waals surface area contributed by atoms with Crippen LogP contribution in [0.3, 0.4) is 0 Å². The molecule has 7 heteroatoms. The lowest BCUT2D eigenvalue weighted by Crippen LogP contribution is -1.95. The van der Waals surface area contributed by atoms with E-state index in [9.17, 15) is 0 Å². The molecular weight excluding hydrogens is 458 g/mol. The number of pyridine rings is 1. The first-order valence-corrected chi connectivity index (χ1v) is 11.7. The lowest BCUT2D eigenvalue weighted by molar-refractivity contribution is 0.804. The second-order valence-electron chi connectivity index (χ2n) is 8.49. The van der Waals surface area contributed by atoms with Gasteiger partial charge in [-0.3, -0.25) is 4.98 Å². The van der Waals surface area contributed by atoms with Gasteiger partial charge >= 0.3 is 0 Å². The zero-order chi connectivity index (χ0) is 25.0. The van der Waals surface area contributed by atoms with Gasteiger partial charge in [-0.1, -0.05) is 47.7 Å². The van der Waals surface area contributed by atoms with Crippen LogP contribution in [-0.2, 0) is 0 Å². The molecule has 0 aliphatic carbocycles. The number of anilines is 4. The van der Waals surface area contributed by atoms with E-state index in [-0.39, 0.29) is 0 Å². The molecule has 37 heavy (non-hydrogen) atoms. The second-order valence-corrected chi connectivity index (χ2v) is 8.49. The van der Waals surface area contributed by atoms with Gasteiger partial charge in [-0.25, -0.2) is 9.53 Å². The van der Waals surface area contributed by atoms with Crippen LogP contribution in [-0.4, -0.2) is 20.0 Å². The van der Waals surface area contributed by atoms with Gasteiger partial charge in [-0.05, 0) is 65.4 Å². The summed E-state index contributed by atoms with van der Waals surface area (Å²) in [7, 11) is 0. The molecule has 0 amide bonds. The van der Waals surface area contributed by atoms with Crippen molar-refractivity contribution >= 4 is 39.2 Å². The van der Waals surface area contributed by atoms with Crippen molar-refractivity contribution in [2.45, 2.75) is 0 Å². The van der Waals surface area contributed by atoms with Gasteiger partial charge in [0, 0.05) is 28.8 Å². The number of hydrogen-bond acceptors (Lipinski definition) is 5. The average molecular weight is 480 g/mol. The van der Waals surface area contributed by atoms with Crippen LogP contribution in [0.4, 0.5) is 28.4 Å². The molecule has 7 nitrogen and oxygen atoms in total. The van der Waals surface area contributed by atoms with E-state index < -0.39 is 0 Å². The van der Waals surface area contributed by atoms with Crippen LogP contribution >= 0.6 is 0 Å². The van der Waals surface area contributed by atoms with E-state index in [1.165, 1.54) is 0 Å². The van der Waals surface area contributed by atoms with Crippen molar-refractivity contribution in [2.75, 3.05) is 10.6 Å². The maximum absolute atomic E-state index is 7.30. The highest BCUT2D eigenvalue weighted by Crippen LogP contribution is 2.30. The second kappa shape index (κ2) is 9.64. The van der Waals surface area contributed by atoms with Gasteiger partial charge in [0.05, 0.1) is 30.3 Å². The molecule has 2 aromatic heterocycles. The fraction of sp³-hybridized carbons (Fsp3) is 0. The van der Waals surface area contributed by atoms with E-state index >= 15 is 0 Å². The lowest BCUT2D eigenvalue weighted by atomic mass is 10.1. The zero-order valence-electron chi connectivity index (χ0n) is 19.7. The SMILES string of the molecule is [C-]#[N+]c1ccc2cncc(Nc3ccc(-c4cn(-c5ccc(Nc6ccccc6)cc5)nn4)cc3)c2c1. The van der Waals surface area contributed by atoms with Gasteiger partial charge in [-0.2, -0.15) is 0 Å². The molecule has 0 aliphatic rings. The minimum absolute atomic E-state index is 0.599. The molecule has 0 fully saturated rings. The standard InChI is InChI=1S/C30H21N7/c1-31-26-12-9-22-18-32-19-29(28(22)17-26)34-25-10-7-21(8-11-25)30-20-37(36-35-30)27-15-13-24(14-16-27)33-23-5-3-2-4-6-23/h2-20,33-34H. The molecule has 0 spiro atoms. The van der Waals surface area contributed by atoms with E-state index in [2.05, 4.69) is 30.8 Å². The third kappa shape index (κ3) is 4.72. The van der Waals surface area contributed by atoms with Crippen LogP contribution in [0.15, 0.2) is 116 Å². The topological polar surface area (TPSA) is 72.0 Å². The predicted octanol–water partition coefficient (Wildman–Crippen LogP) is 7.52. The molecule has 0 aliphatic heterocycles. The largest absolute Gasteiger partial charge is 0.356 e. The summed E-state index contributed by atoms with van der Waals surface area (Å²) >= 11 is 0. The Balaban J connectivity index is 1.18. The molecule has 4 aromatic carbocycles. The van der Waals surface area contributed by atoms with Gasteiger partial charge in [-0.15, -0.1) is 5.10 Å². The number of rotatable bonds is 6. The number of hydrogen-bond donors (Lipinski definition) is 2. The Morgan fingerprint density at radius 2 is 1.46 bits per heavy atom. The number of aromatic nitrogens is 4. The molecule has 6 rings (SSSR count). The quantitative estimate of drug-likeness (QED) is 0.242. The molecule has 0 atom stereocenters. The molecule has 0 saturated carbocycles. The van der Waals surface area contributed by atoms with Crippen molar-refractivity contribution in [3.63, 3.8) is 0 Å². The van der Waals surface area contributed by atoms with Gasteiger partial charge < -0.3 is 10.6 Å². The first-order chi connectivity index (χ1) is 18.2. The van der Waals surface area contributed by atoms with Gasteiger partial charge in [0.15, 0.2) is 5.69 Å². The minimum atomic E-state index is 0.599. The molecule has 0 radical (unpaired) electrons. The summed E-state index contributed by atoms with van der Waals surface area (Å²) in [5.41, 5.74) is 7.09. The Bertz CT molecular complexity index is 1720. The Morgan fingerprint density at radius 3 is 2.24 bits per heavy atom. The summed E-state index contributed by atoms with van der Waals surface area (Å²) in [6, 6.07) is 31.7. The van der Waals surface area contributed by atoms with Gasteiger partial charge in [0.25, 0.3) is 0 Å². The monoisotopic (exact) mass is 479 g/mol. The van der Waals surface area contributed by atoms with Gasteiger partial charge in [0.1, 0.15) is 5.69 Å². The summed E-state index contributed by atoms with van der Waals surface area (Å²) in [6.45, 7) is 7.30. The van der Waals surface area contributed by atoms with E-state index in [1.807, 2.05) is 97.2 Å². The average Bonchev–Trinajstić information content (AvgIpc) is 3.45. The highest BCUT2D eigenvalue weighted by molar-refractivity contribution is 5.96. The minimum Gasteiger partial charge on any atom is -0.356 e. The molecule has 2 N–H and O–H groups in total. The van der Waals surface area contributed by atoms with Crippen molar-refractivity contribution in [2.24, 2.45) is 0 Å². The highest BCUT2D eigenvalue weighted by Gasteiger charge is 2.08. The fourth-order valence-electron chi connectivity index (χ4n) is 4.11. The highest BCUT2D eigenvalue weighted by atomic mass is 15.4. The van der Waals surface area contributed by atoms with E-state index in [1.54, 1.807) is 23.1 Å². The summed E-state index contributed by atoms with van der Waals surface area (Å²) in [5.74, 6) is 0. The van der Waals surface area contributed by atoms with Gasteiger partial charge in [0.2, 0.25) is 0 Å². The molecular formula is C30H21N7. The van der Waals surface area contributed by atoms with E-state index in [0.29, 0.717) is 5.69 Å². The van der Waals surface area contributed by atoms with Crippen LogP contribution in [0.1, 0.15) is 0 Å². The number of fused-ring (bicyclic) bond motifs is 1. The maximum atomic E-state index is 7.30. The first-order valence-electron chi connectivity index (χ1n) is 11.7. The summed E-state index contributed by atoms with van der Waals surface area (Å²) in [5, 5.41) is 17.4. The Hall–Kier alpha value is -5.48. The normalized spacial score (nSPS) is 10.7. The van der Waals surface area contributed by atoms with Crippen LogP contribution < -0.4 is 10.6 Å². The summed E-state index contributed by atoms with van der Waals surface area (Å²) in [6.07, 6.45) is 5.49. The smallest absolute Gasteiger partial charge is 0.187 e. The van der Waals surface area contributed by atoms with Crippen molar-refractivity contribution in [3.8, 4) is 16.9 Å². The Labute approximate surface area is 213 Å².